The quantitative estimate of drug-likeness (QED) is 0.673. The number of carbonyl (C=O) groups excluding carboxylic acids is 1. The second kappa shape index (κ2) is 6.21. The van der Waals surface area contributed by atoms with Crippen molar-refractivity contribution in [3.05, 3.63) is 64.7 Å². The number of hydrogen-bond donors (Lipinski definition) is 2. The van der Waals surface area contributed by atoms with E-state index in [0.29, 0.717) is 16.8 Å². The number of nitrogens with one attached hydrogen (secondary N) is 1. The number of para-hydroxylation sites is 1. The number of hydrogen-bond acceptors (Lipinski definition) is 3. The van der Waals surface area contributed by atoms with Crippen molar-refractivity contribution in [2.24, 2.45) is 5.10 Å². The Morgan fingerprint density at radius 2 is 1.85 bits per heavy atom. The maximum absolute atomic E-state index is 11.8. The molecule has 0 radical (unpaired) electrons. The summed E-state index contributed by atoms with van der Waals surface area (Å²) in [5.41, 5.74) is 3.90. The highest BCUT2D eigenvalue weighted by Gasteiger charge is 2.09. The lowest BCUT2D eigenvalue weighted by molar-refractivity contribution is 0.0955. The van der Waals surface area contributed by atoms with Crippen LogP contribution in [-0.4, -0.2) is 16.7 Å². The molecule has 0 fully saturated rings. The van der Waals surface area contributed by atoms with Crippen LogP contribution in [0.3, 0.4) is 0 Å². The van der Waals surface area contributed by atoms with Crippen LogP contribution in [0.25, 0.3) is 0 Å². The minimum absolute atomic E-state index is 0.0515. The van der Waals surface area contributed by atoms with Crippen molar-refractivity contribution in [1.29, 1.82) is 0 Å². The molecule has 0 unspecified atom stereocenters. The van der Waals surface area contributed by atoms with Crippen molar-refractivity contribution in [1.82, 2.24) is 5.43 Å². The van der Waals surface area contributed by atoms with E-state index in [1.807, 2.05) is 6.07 Å². The summed E-state index contributed by atoms with van der Waals surface area (Å²) in [5, 5.41) is 14.0. The van der Waals surface area contributed by atoms with Crippen molar-refractivity contribution in [3.8, 4) is 5.75 Å². The zero-order chi connectivity index (χ0) is 14.5. The number of carbonyl (C=O) groups is 1. The molecular formula is C15H13ClN2O2. The van der Waals surface area contributed by atoms with Crippen LogP contribution in [0, 0.1) is 0 Å². The minimum Gasteiger partial charge on any atom is -0.506 e. The van der Waals surface area contributed by atoms with Crippen LogP contribution in [-0.2, 0) is 0 Å². The van der Waals surface area contributed by atoms with Crippen molar-refractivity contribution in [2.45, 2.75) is 6.92 Å². The summed E-state index contributed by atoms with van der Waals surface area (Å²) in [6.07, 6.45) is 0. The van der Waals surface area contributed by atoms with Gasteiger partial charge in [-0.2, -0.15) is 5.10 Å². The molecule has 1 amide bonds. The molecule has 2 rings (SSSR count). The number of rotatable bonds is 3. The smallest absolute Gasteiger partial charge is 0.271 e. The fourth-order valence-corrected chi connectivity index (χ4v) is 1.83. The van der Waals surface area contributed by atoms with Gasteiger partial charge in [-0.05, 0) is 31.2 Å². The molecule has 2 N–H and O–H groups in total. The molecule has 0 spiro atoms. The average molecular weight is 289 g/mol. The van der Waals surface area contributed by atoms with Crippen LogP contribution in [0.2, 0.25) is 5.02 Å². The highest BCUT2D eigenvalue weighted by molar-refractivity contribution is 6.32. The number of amides is 1. The highest BCUT2D eigenvalue weighted by atomic mass is 35.5. The largest absolute Gasteiger partial charge is 0.506 e. The molecule has 0 saturated heterocycles. The first-order valence-corrected chi connectivity index (χ1v) is 6.35. The molecule has 0 saturated carbocycles. The summed E-state index contributed by atoms with van der Waals surface area (Å²) in [6.45, 7) is 1.68. The lowest BCUT2D eigenvalue weighted by Gasteiger charge is -2.06. The molecule has 0 atom stereocenters. The molecule has 0 aliphatic rings. The number of halogens is 1. The van der Waals surface area contributed by atoms with Crippen molar-refractivity contribution in [2.75, 3.05) is 0 Å². The van der Waals surface area contributed by atoms with Crippen molar-refractivity contribution in [3.63, 3.8) is 0 Å². The van der Waals surface area contributed by atoms with E-state index in [2.05, 4.69) is 10.5 Å². The van der Waals surface area contributed by atoms with Crippen molar-refractivity contribution < 1.29 is 9.90 Å². The topological polar surface area (TPSA) is 61.7 Å². The summed E-state index contributed by atoms with van der Waals surface area (Å²) in [7, 11) is 0. The maximum atomic E-state index is 11.8. The number of benzene rings is 2. The molecule has 2 aromatic carbocycles. The van der Waals surface area contributed by atoms with E-state index < -0.39 is 0 Å². The van der Waals surface area contributed by atoms with Gasteiger partial charge in [0.05, 0.1) is 10.7 Å². The fraction of sp³-hybridized carbons (Fsp3) is 0.0667. The van der Waals surface area contributed by atoms with Crippen LogP contribution < -0.4 is 5.43 Å². The first-order valence-electron chi connectivity index (χ1n) is 5.97. The van der Waals surface area contributed by atoms with E-state index in [1.165, 1.54) is 0 Å². The Kier molecular flexibility index (Phi) is 4.38. The van der Waals surface area contributed by atoms with Gasteiger partial charge in [-0.3, -0.25) is 4.79 Å². The van der Waals surface area contributed by atoms with E-state index in [-0.39, 0.29) is 16.7 Å². The molecule has 0 aliphatic carbocycles. The summed E-state index contributed by atoms with van der Waals surface area (Å²) in [6, 6.07) is 13.7. The van der Waals surface area contributed by atoms with E-state index in [0.717, 1.165) is 0 Å². The van der Waals surface area contributed by atoms with Crippen LogP contribution in [0.5, 0.6) is 5.75 Å². The SMILES string of the molecule is C/C(=N\NC(=O)c1ccccc1)c1cccc(Cl)c1O. The van der Waals surface area contributed by atoms with Gasteiger partial charge in [-0.15, -0.1) is 0 Å². The Balaban J connectivity index is 2.16. The van der Waals surface area contributed by atoms with Gasteiger partial charge in [0.25, 0.3) is 5.91 Å². The number of phenols is 1. The normalized spacial score (nSPS) is 11.2. The molecule has 0 bridgehead atoms. The lowest BCUT2D eigenvalue weighted by Crippen LogP contribution is -2.19. The third kappa shape index (κ3) is 3.16. The first-order chi connectivity index (χ1) is 9.59. The standard InChI is InChI=1S/C15H13ClN2O2/c1-10(12-8-5-9-13(16)14(12)19)17-18-15(20)11-6-3-2-4-7-11/h2-9,19H,1H3,(H,18,20)/b17-10+. The Morgan fingerprint density at radius 3 is 2.55 bits per heavy atom. The highest BCUT2D eigenvalue weighted by Crippen LogP contribution is 2.27. The zero-order valence-electron chi connectivity index (χ0n) is 10.8. The monoisotopic (exact) mass is 288 g/mol. The molecular weight excluding hydrogens is 276 g/mol. The number of hydrazone groups is 1. The van der Waals surface area contributed by atoms with Crippen LogP contribution in [0.4, 0.5) is 0 Å². The van der Waals surface area contributed by atoms with E-state index in [9.17, 15) is 9.90 Å². The Bertz CT molecular complexity index is 654. The predicted molar refractivity (Wildman–Crippen MR) is 79.2 cm³/mol. The van der Waals surface area contributed by atoms with Crippen LogP contribution in [0.1, 0.15) is 22.8 Å². The fourth-order valence-electron chi connectivity index (χ4n) is 1.66. The molecule has 2 aromatic rings. The van der Waals surface area contributed by atoms with Gasteiger partial charge in [0, 0.05) is 11.1 Å². The van der Waals surface area contributed by atoms with Gasteiger partial charge in [-0.1, -0.05) is 35.9 Å². The summed E-state index contributed by atoms with van der Waals surface area (Å²) < 4.78 is 0. The second-order valence-electron chi connectivity index (χ2n) is 4.14. The third-order valence-electron chi connectivity index (χ3n) is 2.74. The van der Waals surface area contributed by atoms with E-state index in [4.69, 9.17) is 11.6 Å². The van der Waals surface area contributed by atoms with Gasteiger partial charge >= 0.3 is 0 Å². The third-order valence-corrected chi connectivity index (χ3v) is 3.04. The summed E-state index contributed by atoms with van der Waals surface area (Å²) >= 11 is 5.82. The molecule has 4 nitrogen and oxygen atoms in total. The molecule has 0 aromatic heterocycles. The lowest BCUT2D eigenvalue weighted by atomic mass is 10.1. The molecule has 0 heterocycles. The van der Waals surface area contributed by atoms with Gasteiger partial charge in [0.15, 0.2) is 0 Å². The maximum Gasteiger partial charge on any atom is 0.271 e. The number of nitrogens with zero attached hydrogens (tertiary/aromatic N) is 1. The second-order valence-corrected chi connectivity index (χ2v) is 4.55. The Hall–Kier alpha value is -2.33. The number of aromatic hydroxyl groups is 1. The Labute approximate surface area is 121 Å². The van der Waals surface area contributed by atoms with Gasteiger partial charge < -0.3 is 5.11 Å². The predicted octanol–water partition coefficient (Wildman–Crippen LogP) is 3.20. The van der Waals surface area contributed by atoms with Gasteiger partial charge in [-0.25, -0.2) is 5.43 Å². The summed E-state index contributed by atoms with van der Waals surface area (Å²) in [4.78, 5) is 11.8. The van der Waals surface area contributed by atoms with E-state index >= 15 is 0 Å². The molecule has 0 aliphatic heterocycles. The van der Waals surface area contributed by atoms with Gasteiger partial charge in [0.2, 0.25) is 0 Å². The molecule has 5 heteroatoms. The Morgan fingerprint density at radius 1 is 1.15 bits per heavy atom. The average Bonchev–Trinajstić information content (AvgIpc) is 2.48. The van der Waals surface area contributed by atoms with Crippen molar-refractivity contribution >= 4 is 23.2 Å². The van der Waals surface area contributed by atoms with Gasteiger partial charge in [0.1, 0.15) is 5.75 Å². The van der Waals surface area contributed by atoms with Crippen LogP contribution >= 0.6 is 11.6 Å². The zero-order valence-corrected chi connectivity index (χ0v) is 11.6. The molecule has 102 valence electrons. The van der Waals surface area contributed by atoms with E-state index in [1.54, 1.807) is 49.4 Å². The molecule has 20 heavy (non-hydrogen) atoms. The summed E-state index contributed by atoms with van der Waals surface area (Å²) in [5.74, 6) is -0.365. The minimum atomic E-state index is -0.313. The first kappa shape index (κ1) is 14.1. The van der Waals surface area contributed by atoms with Crippen LogP contribution in [0.15, 0.2) is 53.6 Å². The number of phenolic OH excluding ortho intramolecular Hbond substituents is 1.